The van der Waals surface area contributed by atoms with Crippen LogP contribution in [0.3, 0.4) is 0 Å². The van der Waals surface area contributed by atoms with E-state index in [1.807, 2.05) is 31.2 Å². The van der Waals surface area contributed by atoms with E-state index >= 15 is 0 Å². The molecule has 2 aromatic rings. The van der Waals surface area contributed by atoms with Crippen molar-refractivity contribution in [1.82, 2.24) is 0 Å². The lowest BCUT2D eigenvalue weighted by atomic mass is 10.1. The fourth-order valence-corrected chi connectivity index (χ4v) is 1.81. The molecule has 2 rings (SSSR count). The van der Waals surface area contributed by atoms with Crippen molar-refractivity contribution >= 4 is 18.1 Å². The van der Waals surface area contributed by atoms with E-state index in [-0.39, 0.29) is 6.61 Å². The second kappa shape index (κ2) is 10.1. The first kappa shape index (κ1) is 18.4. The van der Waals surface area contributed by atoms with Crippen LogP contribution in [-0.4, -0.2) is 24.6 Å². The summed E-state index contributed by atoms with van der Waals surface area (Å²) in [6, 6.07) is 14.9. The van der Waals surface area contributed by atoms with Gasteiger partial charge in [0.15, 0.2) is 0 Å². The first-order valence-corrected chi connectivity index (χ1v) is 7.14. The highest BCUT2D eigenvalue weighted by Gasteiger charge is 2.04. The molecule has 2 N–H and O–H groups in total. The number of ether oxygens (including phenoxy) is 1. The van der Waals surface area contributed by atoms with Crippen molar-refractivity contribution in [2.24, 2.45) is 0 Å². The van der Waals surface area contributed by atoms with E-state index in [4.69, 9.17) is 9.84 Å². The zero-order chi connectivity index (χ0) is 17.1. The fourth-order valence-electron chi connectivity index (χ4n) is 1.81. The van der Waals surface area contributed by atoms with Crippen LogP contribution >= 0.6 is 0 Å². The van der Waals surface area contributed by atoms with E-state index in [9.17, 15) is 9.59 Å². The lowest BCUT2D eigenvalue weighted by Crippen LogP contribution is -2.13. The Hall–Kier alpha value is -2.66. The summed E-state index contributed by atoms with van der Waals surface area (Å²) in [5.74, 6) is 0. The lowest BCUT2D eigenvalue weighted by molar-refractivity contribution is -0.107. The number of carbonyl (C=O) groups is 2. The molecule has 122 valence electrons. The Kier molecular flexibility index (Phi) is 8.10. The molecule has 1 amide bonds. The number of hydrogen-bond acceptors (Lipinski definition) is 4. The lowest BCUT2D eigenvalue weighted by Gasteiger charge is -2.07. The molecule has 0 aromatic heterocycles. The maximum Gasteiger partial charge on any atom is 0.411 e. The Morgan fingerprint density at radius 1 is 1.04 bits per heavy atom. The van der Waals surface area contributed by atoms with Gasteiger partial charge in [-0.15, -0.1) is 0 Å². The van der Waals surface area contributed by atoms with E-state index in [1.165, 1.54) is 5.56 Å². The molecule has 0 radical (unpaired) electrons. The van der Waals surface area contributed by atoms with Gasteiger partial charge in [0, 0.05) is 19.2 Å². The van der Waals surface area contributed by atoms with E-state index in [0.717, 1.165) is 24.5 Å². The van der Waals surface area contributed by atoms with Gasteiger partial charge in [-0.3, -0.25) is 5.32 Å². The number of rotatable bonds is 5. The van der Waals surface area contributed by atoms with Gasteiger partial charge in [0.05, 0.1) is 0 Å². The highest BCUT2D eigenvalue weighted by atomic mass is 16.5. The minimum atomic E-state index is -0.501. The van der Waals surface area contributed by atoms with Crippen LogP contribution in [-0.2, 0) is 22.6 Å². The van der Waals surface area contributed by atoms with Crippen LogP contribution in [0.25, 0.3) is 0 Å². The standard InChI is InChI=1S/C17H17NO3.CH4O/c1-13-2-4-15(5-3-13)12-21-17(20)18-16-8-6-14(7-9-16)10-11-19;1-2/h2-9,11H,10,12H2,1H3,(H,18,20);2H,1H3. The molecule has 0 saturated heterocycles. The maximum absolute atomic E-state index is 11.7. The van der Waals surface area contributed by atoms with Crippen LogP contribution < -0.4 is 5.32 Å². The van der Waals surface area contributed by atoms with Crippen molar-refractivity contribution in [2.75, 3.05) is 12.4 Å². The monoisotopic (exact) mass is 315 g/mol. The van der Waals surface area contributed by atoms with Crippen LogP contribution in [0.15, 0.2) is 48.5 Å². The van der Waals surface area contributed by atoms with Gasteiger partial charge < -0.3 is 14.6 Å². The number of aliphatic hydroxyl groups excluding tert-OH is 1. The molecule has 5 nitrogen and oxygen atoms in total. The van der Waals surface area contributed by atoms with E-state index in [0.29, 0.717) is 12.1 Å². The Morgan fingerprint density at radius 3 is 2.17 bits per heavy atom. The van der Waals surface area contributed by atoms with Crippen LogP contribution in [0.5, 0.6) is 0 Å². The topological polar surface area (TPSA) is 75.6 Å². The van der Waals surface area contributed by atoms with E-state index in [2.05, 4.69) is 5.32 Å². The van der Waals surface area contributed by atoms with Crippen LogP contribution in [0.2, 0.25) is 0 Å². The van der Waals surface area contributed by atoms with Crippen molar-refractivity contribution in [2.45, 2.75) is 20.0 Å². The number of hydrogen-bond donors (Lipinski definition) is 2. The second-order valence-corrected chi connectivity index (χ2v) is 4.75. The molecule has 0 fully saturated rings. The molecule has 23 heavy (non-hydrogen) atoms. The number of amides is 1. The van der Waals surface area contributed by atoms with Crippen molar-refractivity contribution in [3.63, 3.8) is 0 Å². The summed E-state index contributed by atoms with van der Waals surface area (Å²) < 4.78 is 5.14. The third kappa shape index (κ3) is 6.76. The average Bonchev–Trinajstić information content (AvgIpc) is 2.58. The van der Waals surface area contributed by atoms with E-state index in [1.54, 1.807) is 24.3 Å². The van der Waals surface area contributed by atoms with E-state index < -0.39 is 6.09 Å². The van der Waals surface area contributed by atoms with Crippen LogP contribution in [0.4, 0.5) is 10.5 Å². The van der Waals surface area contributed by atoms with Gasteiger partial charge in [0.1, 0.15) is 12.9 Å². The first-order valence-electron chi connectivity index (χ1n) is 7.14. The van der Waals surface area contributed by atoms with Gasteiger partial charge in [0.25, 0.3) is 0 Å². The van der Waals surface area contributed by atoms with Gasteiger partial charge in [-0.2, -0.15) is 0 Å². The molecule has 0 unspecified atom stereocenters. The third-order valence-corrected chi connectivity index (χ3v) is 3.01. The largest absolute Gasteiger partial charge is 0.444 e. The third-order valence-electron chi connectivity index (χ3n) is 3.01. The van der Waals surface area contributed by atoms with Gasteiger partial charge >= 0.3 is 6.09 Å². The highest BCUT2D eigenvalue weighted by molar-refractivity contribution is 5.84. The van der Waals surface area contributed by atoms with Gasteiger partial charge in [-0.25, -0.2) is 4.79 Å². The van der Waals surface area contributed by atoms with Gasteiger partial charge in [-0.1, -0.05) is 42.0 Å². The number of nitrogens with one attached hydrogen (secondary N) is 1. The molecule has 0 aliphatic rings. The second-order valence-electron chi connectivity index (χ2n) is 4.75. The Balaban J connectivity index is 0.00000127. The number of aldehydes is 1. The highest BCUT2D eigenvalue weighted by Crippen LogP contribution is 2.11. The molecule has 0 atom stereocenters. The first-order chi connectivity index (χ1) is 11.2. The quantitative estimate of drug-likeness (QED) is 0.831. The molecule has 0 heterocycles. The summed E-state index contributed by atoms with van der Waals surface area (Å²) in [5.41, 5.74) is 3.65. The SMILES string of the molecule is CO.Cc1ccc(COC(=O)Nc2ccc(CC=O)cc2)cc1. The van der Waals surface area contributed by atoms with Gasteiger partial charge in [0.2, 0.25) is 0 Å². The number of anilines is 1. The minimum absolute atomic E-state index is 0.231. The van der Waals surface area contributed by atoms with Crippen molar-refractivity contribution in [3.05, 3.63) is 65.2 Å². The summed E-state index contributed by atoms with van der Waals surface area (Å²) in [6.07, 6.45) is 0.717. The maximum atomic E-state index is 11.7. The summed E-state index contributed by atoms with van der Waals surface area (Å²) in [4.78, 5) is 22.1. The Bertz CT molecular complexity index is 606. The number of carbonyl (C=O) groups excluding carboxylic acids is 2. The molecule has 0 spiro atoms. The summed E-state index contributed by atoms with van der Waals surface area (Å²) in [5, 5.41) is 9.64. The van der Waals surface area contributed by atoms with Crippen molar-refractivity contribution in [3.8, 4) is 0 Å². The van der Waals surface area contributed by atoms with Gasteiger partial charge in [-0.05, 0) is 30.2 Å². The predicted octanol–water partition coefficient (Wildman–Crippen LogP) is 3.09. The Morgan fingerprint density at radius 2 is 1.61 bits per heavy atom. The summed E-state index contributed by atoms with van der Waals surface area (Å²) in [6.45, 7) is 2.24. The van der Waals surface area contributed by atoms with Crippen molar-refractivity contribution < 1.29 is 19.4 Å². The minimum Gasteiger partial charge on any atom is -0.444 e. The number of aliphatic hydroxyl groups is 1. The Labute approximate surface area is 135 Å². The molecule has 0 aliphatic heterocycles. The zero-order valence-electron chi connectivity index (χ0n) is 13.3. The normalized spacial score (nSPS) is 9.35. The molecular weight excluding hydrogens is 294 g/mol. The fraction of sp³-hybridized carbons (Fsp3) is 0.222. The molecule has 5 heteroatoms. The molecule has 0 bridgehead atoms. The predicted molar refractivity (Wildman–Crippen MR) is 89.3 cm³/mol. The zero-order valence-corrected chi connectivity index (χ0v) is 13.3. The summed E-state index contributed by atoms with van der Waals surface area (Å²) >= 11 is 0. The summed E-state index contributed by atoms with van der Waals surface area (Å²) in [7, 11) is 1.00. The van der Waals surface area contributed by atoms with Crippen LogP contribution in [0.1, 0.15) is 16.7 Å². The van der Waals surface area contributed by atoms with Crippen molar-refractivity contribution in [1.29, 1.82) is 0 Å². The molecule has 2 aromatic carbocycles. The smallest absolute Gasteiger partial charge is 0.411 e. The number of benzene rings is 2. The molecule has 0 saturated carbocycles. The molecular formula is C18H21NO4. The molecule has 0 aliphatic carbocycles. The average molecular weight is 315 g/mol. The van der Waals surface area contributed by atoms with Crippen LogP contribution in [0, 0.1) is 6.92 Å². The number of aryl methyl sites for hydroxylation is 1.